The van der Waals surface area contributed by atoms with Crippen LogP contribution in [0.4, 0.5) is 0 Å². The van der Waals surface area contributed by atoms with Crippen LogP contribution in [0.1, 0.15) is 13.8 Å². The van der Waals surface area contributed by atoms with Crippen molar-refractivity contribution in [1.29, 1.82) is 5.41 Å². The summed E-state index contributed by atoms with van der Waals surface area (Å²) in [6, 6.07) is 0. The third-order valence-corrected chi connectivity index (χ3v) is 1.31. The van der Waals surface area contributed by atoms with Gasteiger partial charge in [0.05, 0.1) is 0 Å². The molecule has 0 atom stereocenters. The molecule has 1 heteroatoms. The van der Waals surface area contributed by atoms with Crippen molar-refractivity contribution in [2.45, 2.75) is 13.8 Å². The molecule has 0 amide bonds. The SMILES string of the molecule is C=C.C=C/C(C(=C)C)=C(\C)C=N. The molecule has 0 bridgehead atoms. The average Bonchev–Trinajstić information content (AvgIpc) is 2.08. The maximum Gasteiger partial charge on any atom is 0.0213 e. The van der Waals surface area contributed by atoms with E-state index in [2.05, 4.69) is 26.3 Å². The first-order valence-corrected chi connectivity index (χ1v) is 3.63. The summed E-state index contributed by atoms with van der Waals surface area (Å²) in [5.41, 5.74) is 2.83. The van der Waals surface area contributed by atoms with Gasteiger partial charge in [-0.25, -0.2) is 0 Å². The van der Waals surface area contributed by atoms with Gasteiger partial charge in [-0.2, -0.15) is 0 Å². The molecule has 0 aromatic rings. The fourth-order valence-electron chi connectivity index (χ4n) is 0.750. The summed E-state index contributed by atoms with van der Waals surface area (Å²) in [5.74, 6) is 0. The summed E-state index contributed by atoms with van der Waals surface area (Å²) < 4.78 is 0. The molecule has 1 nitrogen and oxygen atoms in total. The smallest absolute Gasteiger partial charge is 0.0213 e. The van der Waals surface area contributed by atoms with Crippen molar-refractivity contribution >= 4 is 6.21 Å². The Hall–Kier alpha value is -1.37. The molecule has 0 rings (SSSR count). The average molecular weight is 163 g/mol. The van der Waals surface area contributed by atoms with Gasteiger partial charge >= 0.3 is 0 Å². The topological polar surface area (TPSA) is 23.9 Å². The monoisotopic (exact) mass is 163 g/mol. The van der Waals surface area contributed by atoms with Crippen molar-refractivity contribution in [3.63, 3.8) is 0 Å². The fourth-order valence-corrected chi connectivity index (χ4v) is 0.750. The van der Waals surface area contributed by atoms with Gasteiger partial charge in [-0.05, 0) is 25.0 Å². The highest BCUT2D eigenvalue weighted by Gasteiger charge is 1.94. The molecule has 0 aliphatic rings. The minimum Gasteiger partial charge on any atom is -0.308 e. The van der Waals surface area contributed by atoms with Gasteiger partial charge in [-0.1, -0.05) is 24.8 Å². The van der Waals surface area contributed by atoms with Gasteiger partial charge in [0.2, 0.25) is 0 Å². The Morgan fingerprint density at radius 2 is 1.67 bits per heavy atom. The van der Waals surface area contributed by atoms with Crippen LogP contribution < -0.4 is 0 Å². The second-order valence-electron chi connectivity index (χ2n) is 2.23. The lowest BCUT2D eigenvalue weighted by molar-refractivity contribution is 1.38. The third-order valence-electron chi connectivity index (χ3n) is 1.31. The Kier molecular flexibility index (Phi) is 8.53. The standard InChI is InChI=1S/C9H13N.C2H4/c1-5-9(7(2)3)8(4)6-10;1-2/h5-6,10H,1-2H2,3-4H3;1-2H2/b9-8-,10-6?;. The summed E-state index contributed by atoms with van der Waals surface area (Å²) >= 11 is 0. The minimum atomic E-state index is 0.905. The van der Waals surface area contributed by atoms with Gasteiger partial charge < -0.3 is 5.41 Å². The van der Waals surface area contributed by atoms with Gasteiger partial charge in [0, 0.05) is 6.21 Å². The Bertz CT molecular complexity index is 209. The Balaban J connectivity index is 0. The number of hydrogen-bond donors (Lipinski definition) is 1. The van der Waals surface area contributed by atoms with Crippen molar-refractivity contribution in [2.24, 2.45) is 0 Å². The van der Waals surface area contributed by atoms with Crippen LogP contribution in [0.5, 0.6) is 0 Å². The molecule has 0 radical (unpaired) electrons. The first-order valence-electron chi connectivity index (χ1n) is 3.63. The number of hydrogen-bond acceptors (Lipinski definition) is 1. The van der Waals surface area contributed by atoms with E-state index < -0.39 is 0 Å². The molecule has 0 aliphatic carbocycles. The molecule has 0 heterocycles. The highest BCUT2D eigenvalue weighted by Crippen LogP contribution is 2.11. The molecule has 0 aliphatic heterocycles. The largest absolute Gasteiger partial charge is 0.308 e. The molecule has 66 valence electrons. The molecule has 0 fully saturated rings. The molecule has 0 spiro atoms. The molecular formula is C11H17N. The van der Waals surface area contributed by atoms with Crippen molar-refractivity contribution in [3.05, 3.63) is 49.1 Å². The van der Waals surface area contributed by atoms with Crippen LogP contribution in [0.2, 0.25) is 0 Å². The van der Waals surface area contributed by atoms with Gasteiger partial charge in [0.25, 0.3) is 0 Å². The van der Waals surface area contributed by atoms with E-state index >= 15 is 0 Å². The quantitative estimate of drug-likeness (QED) is 0.374. The van der Waals surface area contributed by atoms with E-state index in [1.54, 1.807) is 6.08 Å². The second-order valence-corrected chi connectivity index (χ2v) is 2.23. The normalized spacial score (nSPS) is 10.2. The lowest BCUT2D eigenvalue weighted by Gasteiger charge is -2.01. The van der Waals surface area contributed by atoms with Crippen LogP contribution in [-0.4, -0.2) is 6.21 Å². The molecule has 0 saturated carbocycles. The van der Waals surface area contributed by atoms with E-state index in [4.69, 9.17) is 5.41 Å². The lowest BCUT2D eigenvalue weighted by Crippen LogP contribution is -1.86. The van der Waals surface area contributed by atoms with Crippen molar-refractivity contribution in [2.75, 3.05) is 0 Å². The summed E-state index contributed by atoms with van der Waals surface area (Å²) in [6.45, 7) is 17.2. The Labute approximate surface area is 75.3 Å². The van der Waals surface area contributed by atoms with E-state index in [0.717, 1.165) is 16.7 Å². The number of allylic oxidation sites excluding steroid dienone is 4. The molecule has 1 N–H and O–H groups in total. The van der Waals surface area contributed by atoms with Crippen molar-refractivity contribution in [1.82, 2.24) is 0 Å². The number of nitrogens with one attached hydrogen (secondary N) is 1. The van der Waals surface area contributed by atoms with Gasteiger partial charge in [0.15, 0.2) is 0 Å². The summed E-state index contributed by atoms with van der Waals surface area (Å²) in [7, 11) is 0. The van der Waals surface area contributed by atoms with Crippen LogP contribution in [0.15, 0.2) is 49.1 Å². The Morgan fingerprint density at radius 3 is 1.75 bits per heavy atom. The van der Waals surface area contributed by atoms with Gasteiger partial charge in [-0.3, -0.25) is 0 Å². The molecule has 0 aromatic heterocycles. The second kappa shape index (κ2) is 7.73. The first-order chi connectivity index (χ1) is 5.63. The van der Waals surface area contributed by atoms with Crippen LogP contribution in [0.25, 0.3) is 0 Å². The maximum absolute atomic E-state index is 6.96. The minimum absolute atomic E-state index is 0.905. The van der Waals surface area contributed by atoms with E-state index in [0.29, 0.717) is 0 Å². The van der Waals surface area contributed by atoms with Gasteiger partial charge in [0.1, 0.15) is 0 Å². The molecule has 12 heavy (non-hydrogen) atoms. The van der Waals surface area contributed by atoms with Crippen LogP contribution in [0.3, 0.4) is 0 Å². The predicted octanol–water partition coefficient (Wildman–Crippen LogP) is 3.52. The highest BCUT2D eigenvalue weighted by atomic mass is 14.3. The predicted molar refractivity (Wildman–Crippen MR) is 57.7 cm³/mol. The fraction of sp³-hybridized carbons (Fsp3) is 0.182. The van der Waals surface area contributed by atoms with Gasteiger partial charge in [-0.15, -0.1) is 13.2 Å². The van der Waals surface area contributed by atoms with E-state index in [1.165, 1.54) is 6.21 Å². The highest BCUT2D eigenvalue weighted by molar-refractivity contribution is 5.78. The van der Waals surface area contributed by atoms with E-state index in [1.807, 2.05) is 13.8 Å². The maximum atomic E-state index is 6.96. The summed E-state index contributed by atoms with van der Waals surface area (Å²) in [4.78, 5) is 0. The molecule has 0 aromatic carbocycles. The van der Waals surface area contributed by atoms with Crippen LogP contribution >= 0.6 is 0 Å². The molecule has 0 unspecified atom stereocenters. The lowest BCUT2D eigenvalue weighted by atomic mass is 10.0. The van der Waals surface area contributed by atoms with E-state index in [9.17, 15) is 0 Å². The first kappa shape index (κ1) is 13.2. The van der Waals surface area contributed by atoms with Crippen LogP contribution in [-0.2, 0) is 0 Å². The molecular weight excluding hydrogens is 146 g/mol. The summed E-state index contributed by atoms with van der Waals surface area (Å²) in [6.07, 6.45) is 3.04. The zero-order valence-corrected chi connectivity index (χ0v) is 7.98. The third kappa shape index (κ3) is 4.45. The van der Waals surface area contributed by atoms with E-state index in [-0.39, 0.29) is 0 Å². The zero-order chi connectivity index (χ0) is 10.1. The summed E-state index contributed by atoms with van der Waals surface area (Å²) in [5, 5.41) is 6.96. The number of rotatable bonds is 3. The van der Waals surface area contributed by atoms with Crippen molar-refractivity contribution in [3.8, 4) is 0 Å². The Morgan fingerprint density at radius 1 is 1.25 bits per heavy atom. The zero-order valence-electron chi connectivity index (χ0n) is 7.98. The van der Waals surface area contributed by atoms with Crippen LogP contribution in [0, 0.1) is 5.41 Å². The molecule has 0 saturated heterocycles. The van der Waals surface area contributed by atoms with Crippen molar-refractivity contribution < 1.29 is 0 Å².